The minimum Gasteiger partial charge on any atom is -0.504 e. The van der Waals surface area contributed by atoms with Gasteiger partial charge in [0.1, 0.15) is 0 Å². The maximum atomic E-state index is 10.2. The van der Waals surface area contributed by atoms with E-state index in [9.17, 15) is 9.90 Å². The minimum absolute atomic E-state index is 0.266. The maximum absolute atomic E-state index is 10.2. The van der Waals surface area contributed by atoms with Crippen molar-refractivity contribution in [3.63, 3.8) is 0 Å². The summed E-state index contributed by atoms with van der Waals surface area (Å²) in [6.45, 7) is 0. The number of aliphatic hydroxyl groups excluding tert-OH is 2. The predicted octanol–water partition coefficient (Wildman–Crippen LogP) is 1.56. The van der Waals surface area contributed by atoms with Crippen molar-refractivity contribution in [1.82, 2.24) is 0 Å². The van der Waals surface area contributed by atoms with Crippen LogP contribution in [0.1, 0.15) is 5.56 Å². The van der Waals surface area contributed by atoms with Crippen molar-refractivity contribution in [1.29, 1.82) is 0 Å². The molecule has 0 aliphatic heterocycles. The SMILES string of the molecule is O=C(O)/C(O)=C(/O)c1ccccc1. The largest absolute Gasteiger partial charge is 0.504 e. The van der Waals surface area contributed by atoms with E-state index >= 15 is 0 Å². The lowest BCUT2D eigenvalue weighted by Crippen LogP contribution is -2.02. The van der Waals surface area contributed by atoms with Crippen LogP contribution in [-0.2, 0) is 4.79 Å². The molecule has 68 valence electrons. The summed E-state index contributed by atoms with van der Waals surface area (Å²) in [5.74, 6) is -3.24. The normalized spacial score (nSPS) is 12.0. The average Bonchev–Trinajstić information content (AvgIpc) is 2.17. The highest BCUT2D eigenvalue weighted by molar-refractivity contribution is 5.91. The zero-order valence-electron chi connectivity index (χ0n) is 6.64. The molecular weight excluding hydrogens is 172 g/mol. The zero-order valence-corrected chi connectivity index (χ0v) is 6.64. The van der Waals surface area contributed by atoms with Crippen molar-refractivity contribution < 1.29 is 20.1 Å². The number of carboxylic acid groups (broad SMARTS) is 1. The lowest BCUT2D eigenvalue weighted by molar-refractivity contribution is -0.135. The molecule has 1 aromatic rings. The van der Waals surface area contributed by atoms with Gasteiger partial charge >= 0.3 is 5.97 Å². The molecular formula is C9H8O4. The van der Waals surface area contributed by atoms with Crippen LogP contribution in [0.4, 0.5) is 0 Å². The molecule has 0 bridgehead atoms. The Labute approximate surface area is 74.4 Å². The van der Waals surface area contributed by atoms with Crippen molar-refractivity contribution in [3.8, 4) is 0 Å². The Morgan fingerprint density at radius 2 is 1.54 bits per heavy atom. The summed E-state index contributed by atoms with van der Waals surface area (Å²) in [5, 5.41) is 26.4. The van der Waals surface area contributed by atoms with Gasteiger partial charge in [0, 0.05) is 5.56 Å². The highest BCUT2D eigenvalue weighted by Crippen LogP contribution is 2.13. The van der Waals surface area contributed by atoms with Gasteiger partial charge in [-0.1, -0.05) is 30.3 Å². The standard InChI is InChI=1S/C9H8O4/c10-7(8(11)9(12)13)6-4-2-1-3-5-6/h1-5,10-11H,(H,12,13)/b8-7-. The van der Waals surface area contributed by atoms with Crippen LogP contribution in [0.2, 0.25) is 0 Å². The number of aliphatic hydroxyl groups is 2. The Kier molecular flexibility index (Phi) is 2.54. The molecule has 0 saturated carbocycles. The summed E-state index contributed by atoms with van der Waals surface area (Å²) in [5.41, 5.74) is 0.266. The summed E-state index contributed by atoms with van der Waals surface area (Å²) in [6.07, 6.45) is 0. The van der Waals surface area contributed by atoms with E-state index in [1.165, 1.54) is 12.1 Å². The van der Waals surface area contributed by atoms with Crippen LogP contribution in [0, 0.1) is 0 Å². The fraction of sp³-hybridized carbons (Fsp3) is 0. The Bertz CT molecular complexity index is 340. The zero-order chi connectivity index (χ0) is 9.84. The Hall–Kier alpha value is -1.97. The van der Waals surface area contributed by atoms with E-state index in [1.807, 2.05) is 0 Å². The number of carbonyl (C=O) groups is 1. The van der Waals surface area contributed by atoms with Gasteiger partial charge in [0.25, 0.3) is 0 Å². The Morgan fingerprint density at radius 1 is 1.00 bits per heavy atom. The summed E-state index contributed by atoms with van der Waals surface area (Å²) in [4.78, 5) is 10.2. The number of rotatable bonds is 2. The van der Waals surface area contributed by atoms with E-state index in [-0.39, 0.29) is 5.56 Å². The molecule has 3 N–H and O–H groups in total. The summed E-state index contributed by atoms with van der Waals surface area (Å²) < 4.78 is 0. The molecule has 0 saturated heterocycles. The average molecular weight is 180 g/mol. The van der Waals surface area contributed by atoms with Gasteiger partial charge in [-0.05, 0) is 0 Å². The Balaban J connectivity index is 3.11. The molecule has 0 unspecified atom stereocenters. The van der Waals surface area contributed by atoms with Crippen molar-refractivity contribution in [2.75, 3.05) is 0 Å². The smallest absolute Gasteiger partial charge is 0.374 e. The number of hydrogen-bond donors (Lipinski definition) is 3. The van der Waals surface area contributed by atoms with Crippen molar-refractivity contribution in [2.45, 2.75) is 0 Å². The molecule has 0 aliphatic carbocycles. The van der Waals surface area contributed by atoms with Gasteiger partial charge in [0.2, 0.25) is 5.76 Å². The van der Waals surface area contributed by atoms with Gasteiger partial charge in [-0.2, -0.15) is 0 Å². The maximum Gasteiger partial charge on any atom is 0.374 e. The van der Waals surface area contributed by atoms with E-state index in [0.29, 0.717) is 0 Å². The van der Waals surface area contributed by atoms with Crippen LogP contribution in [0.5, 0.6) is 0 Å². The number of aliphatic carboxylic acids is 1. The van der Waals surface area contributed by atoms with Gasteiger partial charge in [-0.15, -0.1) is 0 Å². The van der Waals surface area contributed by atoms with Gasteiger partial charge in [0.15, 0.2) is 5.76 Å². The lowest BCUT2D eigenvalue weighted by atomic mass is 10.2. The van der Waals surface area contributed by atoms with E-state index in [2.05, 4.69) is 0 Å². The number of hydrogen-bond acceptors (Lipinski definition) is 3. The van der Waals surface area contributed by atoms with E-state index in [1.54, 1.807) is 18.2 Å². The molecule has 4 nitrogen and oxygen atoms in total. The minimum atomic E-state index is -1.55. The van der Waals surface area contributed by atoms with E-state index in [0.717, 1.165) is 0 Å². The fourth-order valence-corrected chi connectivity index (χ4v) is 0.834. The first-order chi connectivity index (χ1) is 6.13. The fourth-order valence-electron chi connectivity index (χ4n) is 0.834. The summed E-state index contributed by atoms with van der Waals surface area (Å²) >= 11 is 0. The monoisotopic (exact) mass is 180 g/mol. The quantitative estimate of drug-likeness (QED) is 0.476. The third-order valence-corrected chi connectivity index (χ3v) is 1.47. The second kappa shape index (κ2) is 3.62. The molecule has 0 radical (unpaired) electrons. The van der Waals surface area contributed by atoms with Crippen molar-refractivity contribution in [2.24, 2.45) is 0 Å². The molecule has 1 rings (SSSR count). The molecule has 0 aliphatic rings. The number of carboxylic acids is 1. The summed E-state index contributed by atoms with van der Waals surface area (Å²) in [7, 11) is 0. The molecule has 1 aromatic carbocycles. The van der Waals surface area contributed by atoms with Crippen LogP contribution in [0.25, 0.3) is 5.76 Å². The third kappa shape index (κ3) is 1.99. The molecule has 0 spiro atoms. The topological polar surface area (TPSA) is 77.8 Å². The predicted molar refractivity (Wildman–Crippen MR) is 46.3 cm³/mol. The second-order valence-electron chi connectivity index (χ2n) is 2.37. The highest BCUT2D eigenvalue weighted by Gasteiger charge is 2.12. The third-order valence-electron chi connectivity index (χ3n) is 1.47. The second-order valence-corrected chi connectivity index (χ2v) is 2.37. The van der Waals surface area contributed by atoms with Crippen LogP contribution >= 0.6 is 0 Å². The van der Waals surface area contributed by atoms with E-state index in [4.69, 9.17) is 10.2 Å². The van der Waals surface area contributed by atoms with Crippen LogP contribution < -0.4 is 0 Å². The van der Waals surface area contributed by atoms with Gasteiger partial charge < -0.3 is 15.3 Å². The molecule has 0 aromatic heterocycles. The van der Waals surface area contributed by atoms with Gasteiger partial charge in [-0.3, -0.25) is 0 Å². The molecule has 0 fully saturated rings. The molecule has 0 heterocycles. The van der Waals surface area contributed by atoms with Crippen LogP contribution in [0.15, 0.2) is 36.1 Å². The first-order valence-electron chi connectivity index (χ1n) is 3.54. The van der Waals surface area contributed by atoms with E-state index < -0.39 is 17.5 Å². The van der Waals surface area contributed by atoms with Crippen LogP contribution in [-0.4, -0.2) is 21.3 Å². The first-order valence-corrected chi connectivity index (χ1v) is 3.54. The molecule has 0 atom stereocenters. The van der Waals surface area contributed by atoms with Crippen molar-refractivity contribution >= 4 is 11.7 Å². The van der Waals surface area contributed by atoms with Crippen molar-refractivity contribution in [3.05, 3.63) is 41.7 Å². The first kappa shape index (κ1) is 9.12. The highest BCUT2D eigenvalue weighted by atomic mass is 16.4. The van der Waals surface area contributed by atoms with Gasteiger partial charge in [-0.25, -0.2) is 4.79 Å². The lowest BCUT2D eigenvalue weighted by Gasteiger charge is -2.00. The van der Waals surface area contributed by atoms with Gasteiger partial charge in [0.05, 0.1) is 0 Å². The Morgan fingerprint density at radius 3 is 2.00 bits per heavy atom. The molecule has 4 heteroatoms. The summed E-state index contributed by atoms with van der Waals surface area (Å²) in [6, 6.07) is 7.96. The van der Waals surface area contributed by atoms with Crippen LogP contribution in [0.3, 0.4) is 0 Å². The molecule has 13 heavy (non-hydrogen) atoms. The number of benzene rings is 1. The molecule has 0 amide bonds.